The summed E-state index contributed by atoms with van der Waals surface area (Å²) < 4.78 is 5.33. The molecule has 126 valence electrons. The number of rotatable bonds is 6. The summed E-state index contributed by atoms with van der Waals surface area (Å²) in [4.78, 5) is 2.41. The van der Waals surface area contributed by atoms with Crippen molar-refractivity contribution in [3.63, 3.8) is 0 Å². The van der Waals surface area contributed by atoms with Crippen LogP contribution in [0.25, 0.3) is 0 Å². The summed E-state index contributed by atoms with van der Waals surface area (Å²) in [5.74, 6) is 0. The second-order valence-electron chi connectivity index (χ2n) is 5.38. The summed E-state index contributed by atoms with van der Waals surface area (Å²) in [6.45, 7) is 7.52. The Morgan fingerprint density at radius 2 is 2.17 bits per heavy atom. The van der Waals surface area contributed by atoms with Crippen LogP contribution in [-0.4, -0.2) is 55.1 Å². The molecule has 5 nitrogen and oxygen atoms in total. The fraction of sp³-hybridized carbons (Fsp3) is 0.500. The zero-order valence-corrected chi connectivity index (χ0v) is 14.9. The lowest BCUT2D eigenvalue weighted by molar-refractivity contribution is 0.0376. The number of benzene rings is 1. The van der Waals surface area contributed by atoms with Gasteiger partial charge in [-0.15, -0.1) is 0 Å². The highest BCUT2D eigenvalue weighted by Crippen LogP contribution is 2.11. The van der Waals surface area contributed by atoms with Crippen molar-refractivity contribution >= 4 is 34.6 Å². The zero-order chi connectivity index (χ0) is 16.5. The van der Waals surface area contributed by atoms with Gasteiger partial charge in [0.25, 0.3) is 0 Å². The van der Waals surface area contributed by atoms with Gasteiger partial charge in [0.05, 0.1) is 18.9 Å². The summed E-state index contributed by atoms with van der Waals surface area (Å²) in [6, 6.07) is 7.58. The second-order valence-corrected chi connectivity index (χ2v) is 6.23. The molecule has 1 aliphatic rings. The molecule has 7 heteroatoms. The molecule has 0 atom stereocenters. The first-order chi connectivity index (χ1) is 11.1. The van der Waals surface area contributed by atoms with E-state index in [2.05, 4.69) is 20.7 Å². The third-order valence-electron chi connectivity index (χ3n) is 3.61. The first kappa shape index (κ1) is 18.1. The van der Waals surface area contributed by atoms with Gasteiger partial charge in [-0.25, -0.2) is 0 Å². The van der Waals surface area contributed by atoms with E-state index in [9.17, 15) is 0 Å². The van der Waals surface area contributed by atoms with Gasteiger partial charge in [-0.3, -0.25) is 10.3 Å². The number of hydrazone groups is 1. The van der Waals surface area contributed by atoms with Crippen molar-refractivity contribution in [1.29, 1.82) is 0 Å². The average Bonchev–Trinajstić information content (AvgIpc) is 2.57. The van der Waals surface area contributed by atoms with E-state index in [1.54, 1.807) is 0 Å². The predicted molar refractivity (Wildman–Crippen MR) is 99.3 cm³/mol. The van der Waals surface area contributed by atoms with Crippen LogP contribution in [0.2, 0.25) is 5.02 Å². The molecular formula is C16H23ClN4OS. The summed E-state index contributed by atoms with van der Waals surface area (Å²) in [5, 5.41) is 8.68. The molecular weight excluding hydrogens is 332 g/mol. The van der Waals surface area contributed by atoms with Crippen molar-refractivity contribution in [3.8, 4) is 0 Å². The molecule has 0 spiro atoms. The van der Waals surface area contributed by atoms with Gasteiger partial charge in [-0.2, -0.15) is 5.10 Å². The van der Waals surface area contributed by atoms with E-state index < -0.39 is 0 Å². The molecule has 1 aliphatic heterocycles. The van der Waals surface area contributed by atoms with Gasteiger partial charge in [0.15, 0.2) is 5.11 Å². The summed E-state index contributed by atoms with van der Waals surface area (Å²) in [6.07, 6.45) is 1.04. The van der Waals surface area contributed by atoms with E-state index in [4.69, 9.17) is 28.6 Å². The molecule has 1 fully saturated rings. The third-order valence-corrected chi connectivity index (χ3v) is 4.08. The fourth-order valence-electron chi connectivity index (χ4n) is 2.28. The first-order valence-corrected chi connectivity index (χ1v) is 8.58. The molecule has 1 aromatic rings. The lowest BCUT2D eigenvalue weighted by Crippen LogP contribution is -2.39. The number of hydrogen-bond acceptors (Lipinski definition) is 4. The molecule has 23 heavy (non-hydrogen) atoms. The van der Waals surface area contributed by atoms with Crippen molar-refractivity contribution in [3.05, 3.63) is 34.9 Å². The van der Waals surface area contributed by atoms with Gasteiger partial charge < -0.3 is 10.1 Å². The predicted octanol–water partition coefficient (Wildman–Crippen LogP) is 2.25. The second kappa shape index (κ2) is 9.82. The van der Waals surface area contributed by atoms with Gasteiger partial charge in [-0.05, 0) is 49.8 Å². The smallest absolute Gasteiger partial charge is 0.186 e. The topological polar surface area (TPSA) is 48.9 Å². The summed E-state index contributed by atoms with van der Waals surface area (Å²) in [7, 11) is 0. The van der Waals surface area contributed by atoms with Crippen LogP contribution < -0.4 is 10.7 Å². The number of nitrogens with one attached hydrogen (secondary N) is 2. The number of morpholine rings is 1. The fourth-order valence-corrected chi connectivity index (χ4v) is 2.62. The minimum atomic E-state index is 0.536. The Labute approximate surface area is 148 Å². The Kier molecular flexibility index (Phi) is 7.74. The van der Waals surface area contributed by atoms with Crippen LogP contribution in [0.4, 0.5) is 0 Å². The van der Waals surface area contributed by atoms with Crippen molar-refractivity contribution in [2.45, 2.75) is 13.3 Å². The van der Waals surface area contributed by atoms with Crippen molar-refractivity contribution in [2.24, 2.45) is 5.10 Å². The summed E-state index contributed by atoms with van der Waals surface area (Å²) in [5.41, 5.74) is 4.68. The Hall–Kier alpha value is -1.21. The molecule has 2 rings (SSSR count). The average molecular weight is 355 g/mol. The monoisotopic (exact) mass is 354 g/mol. The van der Waals surface area contributed by atoms with E-state index in [1.165, 1.54) is 0 Å². The van der Waals surface area contributed by atoms with Crippen LogP contribution in [0.5, 0.6) is 0 Å². The maximum absolute atomic E-state index is 5.97. The Bertz CT molecular complexity index is 547. The van der Waals surface area contributed by atoms with Gasteiger partial charge in [0, 0.05) is 24.7 Å². The minimum absolute atomic E-state index is 0.536. The highest BCUT2D eigenvalue weighted by Gasteiger charge is 2.09. The lowest BCUT2D eigenvalue weighted by Gasteiger charge is -2.26. The maximum atomic E-state index is 5.97. The van der Waals surface area contributed by atoms with Gasteiger partial charge in [0.1, 0.15) is 0 Å². The van der Waals surface area contributed by atoms with Crippen molar-refractivity contribution in [1.82, 2.24) is 15.6 Å². The molecule has 1 heterocycles. The number of hydrogen-bond donors (Lipinski definition) is 2. The van der Waals surface area contributed by atoms with Gasteiger partial charge >= 0.3 is 0 Å². The zero-order valence-electron chi connectivity index (χ0n) is 13.3. The normalized spacial score (nSPS) is 16.2. The highest BCUT2D eigenvalue weighted by molar-refractivity contribution is 7.80. The van der Waals surface area contributed by atoms with E-state index >= 15 is 0 Å². The quantitative estimate of drug-likeness (QED) is 0.355. The molecule has 1 aromatic carbocycles. The van der Waals surface area contributed by atoms with Gasteiger partial charge in [-0.1, -0.05) is 23.7 Å². The van der Waals surface area contributed by atoms with Crippen LogP contribution in [0.1, 0.15) is 18.9 Å². The molecule has 0 radical (unpaired) electrons. The molecule has 1 saturated heterocycles. The van der Waals surface area contributed by atoms with Crippen LogP contribution >= 0.6 is 23.8 Å². The highest BCUT2D eigenvalue weighted by atomic mass is 35.5. The summed E-state index contributed by atoms with van der Waals surface area (Å²) >= 11 is 11.2. The SMILES string of the molecule is CC(=NNC(=S)NCCCN1CCOCC1)c1cccc(Cl)c1. The van der Waals surface area contributed by atoms with Crippen LogP contribution in [-0.2, 0) is 4.74 Å². The number of ether oxygens (including phenoxy) is 1. The Balaban J connectivity index is 1.65. The molecule has 2 N–H and O–H groups in total. The van der Waals surface area contributed by atoms with Crippen LogP contribution in [0, 0.1) is 0 Å². The standard InChI is InChI=1S/C16H23ClN4OS/c1-13(14-4-2-5-15(17)12-14)19-20-16(23)18-6-3-7-21-8-10-22-11-9-21/h2,4-5,12H,3,6-11H2,1H3,(H2,18,20,23). The van der Waals surface area contributed by atoms with E-state index in [-0.39, 0.29) is 0 Å². The van der Waals surface area contributed by atoms with E-state index in [0.29, 0.717) is 10.1 Å². The first-order valence-electron chi connectivity index (χ1n) is 7.79. The molecule has 0 aromatic heterocycles. The molecule has 0 amide bonds. The Morgan fingerprint density at radius 1 is 1.39 bits per heavy atom. The van der Waals surface area contributed by atoms with Crippen molar-refractivity contribution in [2.75, 3.05) is 39.4 Å². The van der Waals surface area contributed by atoms with Crippen molar-refractivity contribution < 1.29 is 4.74 Å². The molecule has 0 unspecified atom stereocenters. The van der Waals surface area contributed by atoms with E-state index in [1.807, 2.05) is 31.2 Å². The van der Waals surface area contributed by atoms with Crippen LogP contribution in [0.15, 0.2) is 29.4 Å². The minimum Gasteiger partial charge on any atom is -0.379 e. The largest absolute Gasteiger partial charge is 0.379 e. The van der Waals surface area contributed by atoms with Crippen LogP contribution in [0.3, 0.4) is 0 Å². The van der Waals surface area contributed by atoms with Gasteiger partial charge in [0.2, 0.25) is 0 Å². The molecule has 0 bridgehead atoms. The van der Waals surface area contributed by atoms with E-state index in [0.717, 1.165) is 57.1 Å². The number of halogens is 1. The third kappa shape index (κ3) is 6.83. The lowest BCUT2D eigenvalue weighted by atomic mass is 10.1. The molecule has 0 aliphatic carbocycles. The molecule has 0 saturated carbocycles. The maximum Gasteiger partial charge on any atom is 0.186 e. The number of nitrogens with zero attached hydrogens (tertiary/aromatic N) is 2. The number of thiocarbonyl (C=S) groups is 1. The Morgan fingerprint density at radius 3 is 2.91 bits per heavy atom.